The Balaban J connectivity index is 2.51. The second kappa shape index (κ2) is 4.46. The molecule has 61 valence electrons. The largest absolute Gasteiger partial charge is 0.481 e. The Bertz CT molecular complexity index is 287. The van der Waals surface area contributed by atoms with Crippen molar-refractivity contribution in [1.29, 1.82) is 0 Å². The van der Waals surface area contributed by atoms with Gasteiger partial charge in [0.25, 0.3) is 0 Å². The van der Waals surface area contributed by atoms with E-state index in [4.69, 9.17) is 4.74 Å². The first kappa shape index (κ1) is 8.67. The summed E-state index contributed by atoms with van der Waals surface area (Å²) in [6.45, 7) is 5.84. The maximum absolute atomic E-state index is 5.29. The zero-order valence-electron chi connectivity index (χ0n) is 7.13. The van der Waals surface area contributed by atoms with Crippen LogP contribution in [0.3, 0.4) is 0 Å². The summed E-state index contributed by atoms with van der Waals surface area (Å²) in [5, 5.41) is 0. The van der Waals surface area contributed by atoms with Gasteiger partial charge in [-0.25, -0.2) is 0 Å². The third kappa shape index (κ3) is 2.67. The monoisotopic (exact) mass is 159 g/mol. The molecule has 0 aliphatic heterocycles. The summed E-state index contributed by atoms with van der Waals surface area (Å²) in [6.07, 6.45) is 0. The number of benzene rings is 1. The van der Waals surface area contributed by atoms with E-state index in [-0.39, 0.29) is 0 Å². The van der Waals surface area contributed by atoms with Gasteiger partial charge < -0.3 is 4.74 Å². The van der Waals surface area contributed by atoms with Gasteiger partial charge in [-0.1, -0.05) is 29.5 Å². The van der Waals surface area contributed by atoms with Crippen molar-refractivity contribution in [3.8, 4) is 17.6 Å². The van der Waals surface area contributed by atoms with E-state index in [2.05, 4.69) is 18.8 Å². The van der Waals surface area contributed by atoms with Crippen LogP contribution in [0, 0.1) is 25.7 Å². The van der Waals surface area contributed by atoms with E-state index >= 15 is 0 Å². The molecule has 0 saturated carbocycles. The van der Waals surface area contributed by atoms with E-state index in [1.807, 2.05) is 31.2 Å². The van der Waals surface area contributed by atoms with Gasteiger partial charge in [0, 0.05) is 6.92 Å². The third-order valence-electron chi connectivity index (χ3n) is 1.46. The second-order valence-electron chi connectivity index (χ2n) is 2.46. The summed E-state index contributed by atoms with van der Waals surface area (Å²) >= 11 is 0. The quantitative estimate of drug-likeness (QED) is 0.601. The molecule has 1 aromatic carbocycles. The molecule has 0 fully saturated rings. The van der Waals surface area contributed by atoms with Crippen molar-refractivity contribution in [2.24, 2.45) is 0 Å². The van der Waals surface area contributed by atoms with E-state index in [9.17, 15) is 0 Å². The molecule has 1 aromatic rings. The van der Waals surface area contributed by atoms with Gasteiger partial charge in [-0.2, -0.15) is 0 Å². The molecule has 0 saturated heterocycles. The van der Waals surface area contributed by atoms with Crippen molar-refractivity contribution >= 4 is 0 Å². The maximum atomic E-state index is 5.29. The highest BCUT2D eigenvalue weighted by Crippen LogP contribution is 2.10. The standard InChI is InChI=1S/C11H11O/c1-3-4-9-12-11-7-5-10(2)6-8-11/h5-8H,1,9H2,2H3. The van der Waals surface area contributed by atoms with E-state index in [0.717, 1.165) is 5.75 Å². The van der Waals surface area contributed by atoms with Gasteiger partial charge >= 0.3 is 0 Å². The highest BCUT2D eigenvalue weighted by Gasteiger charge is 1.89. The normalized spacial score (nSPS) is 8.50. The number of ether oxygens (including phenoxy) is 1. The molecule has 1 heteroatoms. The van der Waals surface area contributed by atoms with Crippen LogP contribution in [0.25, 0.3) is 0 Å². The molecule has 0 aliphatic rings. The molecular weight excluding hydrogens is 148 g/mol. The van der Waals surface area contributed by atoms with Crippen LogP contribution in [0.15, 0.2) is 24.3 Å². The van der Waals surface area contributed by atoms with Gasteiger partial charge in [0.1, 0.15) is 12.4 Å². The predicted octanol–water partition coefficient (Wildman–Crippen LogP) is 2.21. The molecule has 0 unspecified atom stereocenters. The molecule has 0 amide bonds. The topological polar surface area (TPSA) is 9.23 Å². The summed E-state index contributed by atoms with van der Waals surface area (Å²) in [6, 6.07) is 7.88. The summed E-state index contributed by atoms with van der Waals surface area (Å²) < 4.78 is 5.29. The van der Waals surface area contributed by atoms with Crippen LogP contribution in [0.4, 0.5) is 0 Å². The van der Waals surface area contributed by atoms with E-state index in [0.29, 0.717) is 6.61 Å². The van der Waals surface area contributed by atoms with E-state index in [1.54, 1.807) is 0 Å². The zero-order valence-corrected chi connectivity index (χ0v) is 7.13. The van der Waals surface area contributed by atoms with Gasteiger partial charge in [-0.15, -0.1) is 0 Å². The molecule has 0 atom stereocenters. The Kier molecular flexibility index (Phi) is 3.22. The molecule has 1 rings (SSSR count). The fraction of sp³-hybridized carbons (Fsp3) is 0.182. The van der Waals surface area contributed by atoms with Gasteiger partial charge in [0.15, 0.2) is 0 Å². The lowest BCUT2D eigenvalue weighted by Gasteiger charge is -2.00. The van der Waals surface area contributed by atoms with Crippen molar-refractivity contribution < 1.29 is 4.74 Å². The van der Waals surface area contributed by atoms with Crippen molar-refractivity contribution in [2.45, 2.75) is 6.92 Å². The van der Waals surface area contributed by atoms with Crippen molar-refractivity contribution in [2.75, 3.05) is 6.61 Å². The molecule has 12 heavy (non-hydrogen) atoms. The first-order valence-electron chi connectivity index (χ1n) is 3.77. The van der Waals surface area contributed by atoms with Crippen LogP contribution in [-0.2, 0) is 0 Å². The Hall–Kier alpha value is -1.42. The summed E-state index contributed by atoms with van der Waals surface area (Å²) in [4.78, 5) is 0. The second-order valence-corrected chi connectivity index (χ2v) is 2.46. The Morgan fingerprint density at radius 2 is 2.00 bits per heavy atom. The molecule has 1 nitrogen and oxygen atoms in total. The van der Waals surface area contributed by atoms with Gasteiger partial charge in [0.05, 0.1) is 0 Å². The molecular formula is C11H11O. The molecule has 0 N–H and O–H groups in total. The van der Waals surface area contributed by atoms with Crippen molar-refractivity contribution in [3.63, 3.8) is 0 Å². The van der Waals surface area contributed by atoms with Gasteiger partial charge in [0.2, 0.25) is 0 Å². The van der Waals surface area contributed by atoms with Crippen LogP contribution in [0.1, 0.15) is 5.56 Å². The van der Waals surface area contributed by atoms with Gasteiger partial charge in [-0.3, -0.25) is 0 Å². The third-order valence-corrected chi connectivity index (χ3v) is 1.46. The van der Waals surface area contributed by atoms with Gasteiger partial charge in [-0.05, 0) is 19.1 Å². The lowest BCUT2D eigenvalue weighted by Crippen LogP contribution is -1.92. The van der Waals surface area contributed by atoms with Crippen molar-refractivity contribution in [3.05, 3.63) is 36.8 Å². The molecule has 0 aromatic heterocycles. The van der Waals surface area contributed by atoms with Crippen LogP contribution >= 0.6 is 0 Å². The molecule has 0 spiro atoms. The average molecular weight is 159 g/mol. The Labute approximate surface area is 73.4 Å². The van der Waals surface area contributed by atoms with Crippen LogP contribution in [0.2, 0.25) is 0 Å². The average Bonchev–Trinajstić information content (AvgIpc) is 2.09. The number of aryl methyl sites for hydroxylation is 1. The lowest BCUT2D eigenvalue weighted by molar-refractivity contribution is 0.370. The fourth-order valence-electron chi connectivity index (χ4n) is 0.805. The molecule has 0 aliphatic carbocycles. The fourth-order valence-corrected chi connectivity index (χ4v) is 0.805. The molecule has 1 radical (unpaired) electrons. The number of hydrogen-bond donors (Lipinski definition) is 0. The van der Waals surface area contributed by atoms with E-state index in [1.165, 1.54) is 5.56 Å². The van der Waals surface area contributed by atoms with Crippen LogP contribution < -0.4 is 4.74 Å². The minimum absolute atomic E-state index is 0.409. The molecule has 0 heterocycles. The van der Waals surface area contributed by atoms with Crippen LogP contribution in [0.5, 0.6) is 5.75 Å². The highest BCUT2D eigenvalue weighted by atomic mass is 16.5. The summed E-state index contributed by atoms with van der Waals surface area (Å²) in [5.74, 6) is 6.10. The van der Waals surface area contributed by atoms with E-state index < -0.39 is 0 Å². The Morgan fingerprint density at radius 3 is 2.58 bits per heavy atom. The zero-order chi connectivity index (χ0) is 8.81. The maximum Gasteiger partial charge on any atom is 0.149 e. The summed E-state index contributed by atoms with van der Waals surface area (Å²) in [7, 11) is 0. The first-order valence-corrected chi connectivity index (χ1v) is 3.77. The SMILES string of the molecule is [CH2]C#CCOc1ccc(C)cc1. The number of rotatable bonds is 2. The van der Waals surface area contributed by atoms with Crippen molar-refractivity contribution in [1.82, 2.24) is 0 Å². The lowest BCUT2D eigenvalue weighted by atomic mass is 10.2. The minimum Gasteiger partial charge on any atom is -0.481 e. The molecule has 0 bridgehead atoms. The Morgan fingerprint density at radius 1 is 1.33 bits per heavy atom. The minimum atomic E-state index is 0.409. The highest BCUT2D eigenvalue weighted by molar-refractivity contribution is 5.26. The number of hydrogen-bond acceptors (Lipinski definition) is 1. The first-order chi connectivity index (χ1) is 5.83. The van der Waals surface area contributed by atoms with Crippen LogP contribution in [-0.4, -0.2) is 6.61 Å². The summed E-state index contributed by atoms with van der Waals surface area (Å²) in [5.41, 5.74) is 1.23. The smallest absolute Gasteiger partial charge is 0.149 e. The predicted molar refractivity (Wildman–Crippen MR) is 49.8 cm³/mol.